The molecule has 0 aromatic carbocycles. The molecule has 0 aromatic heterocycles. The van der Waals surface area contributed by atoms with Crippen LogP contribution in [0.1, 0.15) is 19.3 Å². The van der Waals surface area contributed by atoms with Crippen molar-refractivity contribution in [2.45, 2.75) is 31.5 Å². The first-order valence-corrected chi connectivity index (χ1v) is 5.34. The van der Waals surface area contributed by atoms with Crippen LogP contribution in [0.3, 0.4) is 0 Å². The number of rotatable bonds is 7. The molecule has 0 radical (unpaired) electrons. The van der Waals surface area contributed by atoms with Crippen LogP contribution in [0.15, 0.2) is 0 Å². The Morgan fingerprint density at radius 3 is 2.53 bits per heavy atom. The molecule has 1 amide bonds. The highest BCUT2D eigenvalue weighted by Crippen LogP contribution is 2.19. The van der Waals surface area contributed by atoms with Crippen molar-refractivity contribution >= 4 is 5.91 Å². The number of alkyl halides is 3. The molecule has 0 bridgehead atoms. The van der Waals surface area contributed by atoms with Gasteiger partial charge < -0.3 is 15.4 Å². The van der Waals surface area contributed by atoms with E-state index in [0.717, 1.165) is 4.90 Å². The Hall–Kier alpha value is -0.820. The molecule has 17 heavy (non-hydrogen) atoms. The Bertz CT molecular complexity index is 234. The normalized spacial score (nSPS) is 13.5. The highest BCUT2D eigenvalue weighted by molar-refractivity contribution is 5.81. The van der Waals surface area contributed by atoms with Crippen molar-refractivity contribution in [1.29, 1.82) is 0 Å². The van der Waals surface area contributed by atoms with Crippen LogP contribution in [0, 0.1) is 0 Å². The van der Waals surface area contributed by atoms with E-state index in [4.69, 9.17) is 10.5 Å². The van der Waals surface area contributed by atoms with Gasteiger partial charge in [-0.2, -0.15) is 13.2 Å². The summed E-state index contributed by atoms with van der Waals surface area (Å²) < 4.78 is 40.6. The molecule has 0 aliphatic heterocycles. The number of carbonyl (C=O) groups is 1. The molecular weight excluding hydrogens is 237 g/mol. The number of likely N-dealkylation sites (N-methyl/N-ethyl adjacent to an activating group) is 1. The van der Waals surface area contributed by atoms with E-state index in [2.05, 4.69) is 0 Å². The second-order valence-electron chi connectivity index (χ2n) is 3.87. The van der Waals surface area contributed by atoms with Crippen molar-refractivity contribution in [3.63, 3.8) is 0 Å². The number of nitrogens with two attached hydrogens (primary N) is 1. The first kappa shape index (κ1) is 16.2. The summed E-state index contributed by atoms with van der Waals surface area (Å²) in [6, 6.07) is -0.761. The molecule has 0 spiro atoms. The number of hydrogen-bond acceptors (Lipinski definition) is 3. The van der Waals surface area contributed by atoms with Crippen molar-refractivity contribution in [1.82, 2.24) is 4.90 Å². The van der Waals surface area contributed by atoms with E-state index < -0.39 is 24.5 Å². The van der Waals surface area contributed by atoms with Gasteiger partial charge in [0, 0.05) is 27.3 Å². The Labute approximate surface area is 98.9 Å². The zero-order chi connectivity index (χ0) is 13.5. The Kier molecular flexibility index (Phi) is 7.13. The first-order chi connectivity index (χ1) is 7.78. The number of carbonyl (C=O) groups excluding carboxylic acids is 1. The molecule has 0 aliphatic rings. The van der Waals surface area contributed by atoms with Gasteiger partial charge in [0.25, 0.3) is 0 Å². The van der Waals surface area contributed by atoms with E-state index in [9.17, 15) is 18.0 Å². The van der Waals surface area contributed by atoms with Crippen LogP contribution in [0.25, 0.3) is 0 Å². The molecule has 4 nitrogen and oxygen atoms in total. The van der Waals surface area contributed by atoms with Crippen molar-refractivity contribution in [3.05, 3.63) is 0 Å². The van der Waals surface area contributed by atoms with Crippen LogP contribution in [0.2, 0.25) is 0 Å². The minimum atomic E-state index is -4.26. The van der Waals surface area contributed by atoms with Gasteiger partial charge in [-0.3, -0.25) is 4.79 Å². The third-order valence-corrected chi connectivity index (χ3v) is 2.29. The van der Waals surface area contributed by atoms with Gasteiger partial charge in [0.1, 0.15) is 0 Å². The molecule has 1 unspecified atom stereocenters. The van der Waals surface area contributed by atoms with Crippen molar-refractivity contribution in [3.8, 4) is 0 Å². The number of hydrogen-bond donors (Lipinski definition) is 1. The van der Waals surface area contributed by atoms with Gasteiger partial charge >= 0.3 is 6.18 Å². The fraction of sp³-hybridized carbons (Fsp3) is 0.900. The molecule has 0 heterocycles. The Morgan fingerprint density at radius 1 is 1.47 bits per heavy atom. The van der Waals surface area contributed by atoms with E-state index in [1.165, 1.54) is 14.2 Å². The topological polar surface area (TPSA) is 55.6 Å². The van der Waals surface area contributed by atoms with E-state index in [1.807, 2.05) is 0 Å². The van der Waals surface area contributed by atoms with Crippen molar-refractivity contribution in [2.24, 2.45) is 5.73 Å². The molecule has 2 N–H and O–H groups in total. The predicted molar refractivity (Wildman–Crippen MR) is 57.4 cm³/mol. The highest BCUT2D eigenvalue weighted by Gasteiger charge is 2.28. The summed E-state index contributed by atoms with van der Waals surface area (Å²) in [4.78, 5) is 12.6. The molecule has 0 aliphatic carbocycles. The van der Waals surface area contributed by atoms with Gasteiger partial charge in [0.15, 0.2) is 0 Å². The van der Waals surface area contributed by atoms with E-state index in [0.29, 0.717) is 19.4 Å². The minimum absolute atomic E-state index is 0.361. The fourth-order valence-corrected chi connectivity index (χ4v) is 1.26. The summed E-state index contributed by atoms with van der Waals surface area (Å²) in [5.74, 6) is -0.467. The third kappa shape index (κ3) is 7.98. The molecule has 1 atom stereocenters. The van der Waals surface area contributed by atoms with Gasteiger partial charge in [-0.1, -0.05) is 0 Å². The van der Waals surface area contributed by atoms with Crippen LogP contribution in [-0.2, 0) is 9.53 Å². The lowest BCUT2D eigenvalue weighted by atomic mass is 10.1. The number of nitrogens with zero attached hydrogens (tertiary/aromatic N) is 1. The van der Waals surface area contributed by atoms with Gasteiger partial charge in [-0.05, 0) is 12.8 Å². The monoisotopic (exact) mass is 256 g/mol. The minimum Gasteiger partial charge on any atom is -0.385 e. The highest BCUT2D eigenvalue weighted by atomic mass is 19.4. The zero-order valence-corrected chi connectivity index (χ0v) is 10.1. The lowest BCUT2D eigenvalue weighted by Crippen LogP contribution is -2.43. The SMILES string of the molecule is COCCCC(N)C(=O)N(C)CCC(F)(F)F. The summed E-state index contributed by atoms with van der Waals surface area (Å²) >= 11 is 0. The van der Waals surface area contributed by atoms with Crippen molar-refractivity contribution in [2.75, 3.05) is 27.3 Å². The molecule has 0 saturated carbocycles. The average Bonchev–Trinajstić information content (AvgIpc) is 2.24. The molecule has 102 valence electrons. The van der Waals surface area contributed by atoms with Crippen LogP contribution < -0.4 is 5.73 Å². The Balaban J connectivity index is 3.94. The molecule has 0 rings (SSSR count). The molecule has 7 heteroatoms. The van der Waals surface area contributed by atoms with E-state index in [1.54, 1.807) is 0 Å². The summed E-state index contributed by atoms with van der Waals surface area (Å²) in [7, 11) is 2.85. The largest absolute Gasteiger partial charge is 0.390 e. The van der Waals surface area contributed by atoms with Gasteiger partial charge in [-0.15, -0.1) is 0 Å². The lowest BCUT2D eigenvalue weighted by Gasteiger charge is -2.21. The van der Waals surface area contributed by atoms with Gasteiger partial charge in [-0.25, -0.2) is 0 Å². The fourth-order valence-electron chi connectivity index (χ4n) is 1.26. The number of methoxy groups -OCH3 is 1. The van der Waals surface area contributed by atoms with E-state index in [-0.39, 0.29) is 6.54 Å². The summed E-state index contributed by atoms with van der Waals surface area (Å²) in [5.41, 5.74) is 5.57. The van der Waals surface area contributed by atoms with E-state index >= 15 is 0 Å². The van der Waals surface area contributed by atoms with Gasteiger partial charge in [0.2, 0.25) is 5.91 Å². The molecule has 0 fully saturated rings. The zero-order valence-electron chi connectivity index (χ0n) is 10.1. The Morgan fingerprint density at radius 2 is 2.06 bits per heavy atom. The quantitative estimate of drug-likeness (QED) is 0.695. The maximum absolute atomic E-state index is 11.9. The summed E-state index contributed by atoms with van der Waals surface area (Å²) in [6.45, 7) is 0.119. The van der Waals surface area contributed by atoms with Crippen LogP contribution >= 0.6 is 0 Å². The number of ether oxygens (including phenoxy) is 1. The lowest BCUT2D eigenvalue weighted by molar-refractivity contribution is -0.144. The third-order valence-electron chi connectivity index (χ3n) is 2.29. The average molecular weight is 256 g/mol. The predicted octanol–water partition coefficient (Wildman–Crippen LogP) is 1.15. The molecule has 0 saturated heterocycles. The maximum atomic E-state index is 11.9. The first-order valence-electron chi connectivity index (χ1n) is 5.34. The second kappa shape index (κ2) is 7.50. The molecular formula is C10H19F3N2O2. The molecule has 0 aromatic rings. The van der Waals surface area contributed by atoms with Crippen LogP contribution in [0.5, 0.6) is 0 Å². The maximum Gasteiger partial charge on any atom is 0.390 e. The standard InChI is InChI=1S/C10H19F3N2O2/c1-15(6-5-10(11,12)13)9(16)8(14)4-3-7-17-2/h8H,3-7,14H2,1-2H3. The smallest absolute Gasteiger partial charge is 0.385 e. The van der Waals surface area contributed by atoms with Crippen LogP contribution in [-0.4, -0.2) is 50.3 Å². The van der Waals surface area contributed by atoms with Crippen LogP contribution in [0.4, 0.5) is 13.2 Å². The summed E-state index contributed by atoms with van der Waals surface area (Å²) in [6.07, 6.45) is -4.26. The summed E-state index contributed by atoms with van der Waals surface area (Å²) in [5, 5.41) is 0. The second-order valence-corrected chi connectivity index (χ2v) is 3.87. The number of amides is 1. The van der Waals surface area contributed by atoms with Gasteiger partial charge in [0.05, 0.1) is 12.5 Å². The van der Waals surface area contributed by atoms with Crippen molar-refractivity contribution < 1.29 is 22.7 Å². The number of halogens is 3.